The third-order valence-electron chi connectivity index (χ3n) is 2.81. The SMILES string of the molecule is Cc1cnn(-c2ccc(C(CN)C(=O)O)cc2)c1. The Morgan fingerprint density at radius 2 is 2.11 bits per heavy atom. The van der Waals surface area contributed by atoms with Crippen LogP contribution < -0.4 is 5.73 Å². The van der Waals surface area contributed by atoms with Crippen LogP contribution >= 0.6 is 0 Å². The molecule has 0 aliphatic rings. The zero-order chi connectivity index (χ0) is 13.1. The van der Waals surface area contributed by atoms with Crippen molar-refractivity contribution in [1.29, 1.82) is 0 Å². The molecule has 1 heterocycles. The van der Waals surface area contributed by atoms with Gasteiger partial charge in [-0.25, -0.2) is 4.68 Å². The van der Waals surface area contributed by atoms with Gasteiger partial charge in [-0.2, -0.15) is 5.10 Å². The van der Waals surface area contributed by atoms with Gasteiger partial charge in [-0.1, -0.05) is 12.1 Å². The first-order valence-corrected chi connectivity index (χ1v) is 5.66. The number of aryl methyl sites for hydroxylation is 1. The molecule has 0 amide bonds. The van der Waals surface area contributed by atoms with Gasteiger partial charge in [-0.3, -0.25) is 4.79 Å². The normalized spacial score (nSPS) is 12.3. The lowest BCUT2D eigenvalue weighted by atomic mass is 9.99. The number of aromatic nitrogens is 2. The number of hydrogen-bond acceptors (Lipinski definition) is 3. The van der Waals surface area contributed by atoms with Crippen LogP contribution in [0.3, 0.4) is 0 Å². The molecule has 1 atom stereocenters. The zero-order valence-electron chi connectivity index (χ0n) is 10.1. The summed E-state index contributed by atoms with van der Waals surface area (Å²) in [6, 6.07) is 7.23. The molecule has 94 valence electrons. The van der Waals surface area contributed by atoms with Crippen molar-refractivity contribution in [2.24, 2.45) is 5.73 Å². The van der Waals surface area contributed by atoms with Gasteiger partial charge in [0.15, 0.2) is 0 Å². The molecule has 0 spiro atoms. The third-order valence-corrected chi connectivity index (χ3v) is 2.81. The smallest absolute Gasteiger partial charge is 0.312 e. The summed E-state index contributed by atoms with van der Waals surface area (Å²) in [5, 5.41) is 13.2. The van der Waals surface area contributed by atoms with E-state index in [2.05, 4.69) is 5.10 Å². The van der Waals surface area contributed by atoms with Gasteiger partial charge < -0.3 is 10.8 Å². The van der Waals surface area contributed by atoms with Gasteiger partial charge in [-0.15, -0.1) is 0 Å². The van der Waals surface area contributed by atoms with Crippen molar-refractivity contribution in [2.75, 3.05) is 6.54 Å². The average Bonchev–Trinajstić information content (AvgIpc) is 2.77. The summed E-state index contributed by atoms with van der Waals surface area (Å²) in [6.07, 6.45) is 3.68. The molecule has 5 heteroatoms. The van der Waals surface area contributed by atoms with Gasteiger partial charge >= 0.3 is 5.97 Å². The molecule has 2 rings (SSSR count). The van der Waals surface area contributed by atoms with Gasteiger partial charge in [0.2, 0.25) is 0 Å². The second kappa shape index (κ2) is 5.01. The highest BCUT2D eigenvalue weighted by Gasteiger charge is 2.17. The number of rotatable bonds is 4. The highest BCUT2D eigenvalue weighted by molar-refractivity contribution is 5.76. The van der Waals surface area contributed by atoms with Crippen molar-refractivity contribution in [2.45, 2.75) is 12.8 Å². The molecule has 5 nitrogen and oxygen atoms in total. The fourth-order valence-corrected chi connectivity index (χ4v) is 1.79. The maximum atomic E-state index is 11.0. The minimum Gasteiger partial charge on any atom is -0.481 e. The van der Waals surface area contributed by atoms with Crippen LogP contribution in [0.15, 0.2) is 36.7 Å². The molecular weight excluding hydrogens is 230 g/mol. The number of nitrogens with zero attached hydrogens (tertiary/aromatic N) is 2. The number of carbonyl (C=O) groups is 1. The van der Waals surface area contributed by atoms with E-state index in [1.807, 2.05) is 25.3 Å². The van der Waals surface area contributed by atoms with Crippen molar-refractivity contribution >= 4 is 5.97 Å². The Labute approximate surface area is 105 Å². The number of nitrogens with two attached hydrogens (primary N) is 1. The van der Waals surface area contributed by atoms with E-state index >= 15 is 0 Å². The summed E-state index contributed by atoms with van der Waals surface area (Å²) in [5.74, 6) is -1.56. The third kappa shape index (κ3) is 2.41. The Hall–Kier alpha value is -2.14. The number of carboxylic acids is 1. The van der Waals surface area contributed by atoms with Crippen molar-refractivity contribution in [1.82, 2.24) is 9.78 Å². The molecule has 0 bridgehead atoms. The molecule has 0 fully saturated rings. The van der Waals surface area contributed by atoms with Crippen LogP contribution in [-0.2, 0) is 4.79 Å². The number of benzene rings is 1. The van der Waals surface area contributed by atoms with Gasteiger partial charge in [0.05, 0.1) is 17.8 Å². The number of carboxylic acid groups (broad SMARTS) is 1. The Morgan fingerprint density at radius 3 is 2.56 bits per heavy atom. The lowest BCUT2D eigenvalue weighted by Crippen LogP contribution is -2.21. The first-order chi connectivity index (χ1) is 8.61. The second-order valence-corrected chi connectivity index (χ2v) is 4.18. The Bertz CT molecular complexity index is 546. The van der Waals surface area contributed by atoms with Crippen molar-refractivity contribution < 1.29 is 9.90 Å². The number of hydrogen-bond donors (Lipinski definition) is 2. The van der Waals surface area contributed by atoms with E-state index in [-0.39, 0.29) is 6.54 Å². The monoisotopic (exact) mass is 245 g/mol. The highest BCUT2D eigenvalue weighted by Crippen LogP contribution is 2.17. The fourth-order valence-electron chi connectivity index (χ4n) is 1.79. The van der Waals surface area contributed by atoms with Crippen molar-refractivity contribution in [3.8, 4) is 5.69 Å². The van der Waals surface area contributed by atoms with Crippen LogP contribution in [0.25, 0.3) is 5.69 Å². The van der Waals surface area contributed by atoms with E-state index in [9.17, 15) is 4.79 Å². The lowest BCUT2D eigenvalue weighted by molar-refractivity contribution is -0.138. The minimum atomic E-state index is -0.903. The molecule has 2 aromatic rings. The van der Waals surface area contributed by atoms with Crippen molar-refractivity contribution in [3.63, 3.8) is 0 Å². The summed E-state index contributed by atoms with van der Waals surface area (Å²) in [4.78, 5) is 11.0. The largest absolute Gasteiger partial charge is 0.481 e. The van der Waals surface area contributed by atoms with E-state index in [4.69, 9.17) is 10.8 Å². The van der Waals surface area contributed by atoms with E-state index in [0.29, 0.717) is 5.56 Å². The Balaban J connectivity index is 2.27. The fraction of sp³-hybridized carbons (Fsp3) is 0.231. The topological polar surface area (TPSA) is 81.1 Å². The molecule has 0 saturated carbocycles. The first-order valence-electron chi connectivity index (χ1n) is 5.66. The van der Waals surface area contributed by atoms with Crippen LogP contribution in [0.5, 0.6) is 0 Å². The predicted molar refractivity (Wildman–Crippen MR) is 67.7 cm³/mol. The molecule has 1 unspecified atom stereocenters. The van der Waals surface area contributed by atoms with Crippen LogP contribution in [0.4, 0.5) is 0 Å². The quantitative estimate of drug-likeness (QED) is 0.850. The highest BCUT2D eigenvalue weighted by atomic mass is 16.4. The summed E-state index contributed by atoms with van der Waals surface area (Å²) in [7, 11) is 0. The van der Waals surface area contributed by atoms with E-state index in [1.54, 1.807) is 23.0 Å². The molecule has 1 aromatic heterocycles. The van der Waals surface area contributed by atoms with Crippen LogP contribution in [0, 0.1) is 6.92 Å². The number of aliphatic carboxylic acids is 1. The standard InChI is InChI=1S/C13H15N3O2/c1-9-7-15-16(8-9)11-4-2-10(3-5-11)12(6-14)13(17)18/h2-5,7-8,12H,6,14H2,1H3,(H,17,18). The molecule has 1 aromatic carbocycles. The Kier molecular flexibility index (Phi) is 3.43. The van der Waals surface area contributed by atoms with Gasteiger partial charge in [0, 0.05) is 12.7 Å². The zero-order valence-corrected chi connectivity index (χ0v) is 10.1. The second-order valence-electron chi connectivity index (χ2n) is 4.18. The summed E-state index contributed by atoms with van der Waals surface area (Å²) in [5.41, 5.74) is 8.14. The van der Waals surface area contributed by atoms with Crippen LogP contribution in [-0.4, -0.2) is 27.4 Å². The molecular formula is C13H15N3O2. The van der Waals surface area contributed by atoms with Crippen LogP contribution in [0.1, 0.15) is 17.0 Å². The first kappa shape index (κ1) is 12.3. The van der Waals surface area contributed by atoms with E-state index < -0.39 is 11.9 Å². The van der Waals surface area contributed by atoms with Gasteiger partial charge in [-0.05, 0) is 30.2 Å². The average molecular weight is 245 g/mol. The Morgan fingerprint density at radius 1 is 1.44 bits per heavy atom. The van der Waals surface area contributed by atoms with E-state index in [0.717, 1.165) is 11.3 Å². The lowest BCUT2D eigenvalue weighted by Gasteiger charge is -2.10. The van der Waals surface area contributed by atoms with Crippen molar-refractivity contribution in [3.05, 3.63) is 47.8 Å². The van der Waals surface area contributed by atoms with Gasteiger partial charge in [0.25, 0.3) is 0 Å². The minimum absolute atomic E-state index is 0.0928. The van der Waals surface area contributed by atoms with Gasteiger partial charge in [0.1, 0.15) is 0 Å². The maximum Gasteiger partial charge on any atom is 0.312 e. The summed E-state index contributed by atoms with van der Waals surface area (Å²) >= 11 is 0. The maximum absolute atomic E-state index is 11.0. The molecule has 0 aliphatic heterocycles. The summed E-state index contributed by atoms with van der Waals surface area (Å²) in [6.45, 7) is 2.06. The van der Waals surface area contributed by atoms with E-state index in [1.165, 1.54) is 0 Å². The molecule has 0 aliphatic carbocycles. The van der Waals surface area contributed by atoms with Crippen LogP contribution in [0.2, 0.25) is 0 Å². The molecule has 0 radical (unpaired) electrons. The predicted octanol–water partition coefficient (Wildman–Crippen LogP) is 1.31. The molecule has 18 heavy (non-hydrogen) atoms. The summed E-state index contributed by atoms with van der Waals surface area (Å²) < 4.78 is 1.75. The molecule has 3 N–H and O–H groups in total. The molecule has 0 saturated heterocycles.